The first-order chi connectivity index (χ1) is 10.1. The summed E-state index contributed by atoms with van der Waals surface area (Å²) in [4.78, 5) is 14.3. The Morgan fingerprint density at radius 1 is 1.38 bits per heavy atom. The van der Waals surface area contributed by atoms with Crippen LogP contribution in [0.15, 0.2) is 28.8 Å². The van der Waals surface area contributed by atoms with Gasteiger partial charge in [-0.2, -0.15) is 0 Å². The van der Waals surface area contributed by atoms with Gasteiger partial charge in [-0.3, -0.25) is 4.79 Å². The highest BCUT2D eigenvalue weighted by atomic mass is 16.5. The maximum atomic E-state index is 12.5. The summed E-state index contributed by atoms with van der Waals surface area (Å²) in [6.07, 6.45) is 0.257. The zero-order valence-corrected chi connectivity index (χ0v) is 12.8. The van der Waals surface area contributed by atoms with Gasteiger partial charge >= 0.3 is 0 Å². The van der Waals surface area contributed by atoms with Crippen LogP contribution in [0.5, 0.6) is 0 Å². The smallest absolute Gasteiger partial charge is 0.228 e. The van der Waals surface area contributed by atoms with Crippen LogP contribution in [0.2, 0.25) is 0 Å². The number of amides is 1. The van der Waals surface area contributed by atoms with Crippen molar-refractivity contribution in [3.8, 4) is 0 Å². The summed E-state index contributed by atoms with van der Waals surface area (Å²) in [6.45, 7) is 6.05. The van der Waals surface area contributed by atoms with E-state index in [1.807, 2.05) is 29.2 Å². The summed E-state index contributed by atoms with van der Waals surface area (Å²) in [5, 5.41) is 4.93. The molecule has 0 fully saturated rings. The second-order valence-electron chi connectivity index (χ2n) is 5.53. The summed E-state index contributed by atoms with van der Waals surface area (Å²) in [6, 6.07) is 7.59. The predicted octanol–water partition coefficient (Wildman–Crippen LogP) is 2.50. The fraction of sp³-hybridized carbons (Fsp3) is 0.500. The fourth-order valence-corrected chi connectivity index (χ4v) is 2.28. The molecule has 2 aromatic rings. The Kier molecular flexibility index (Phi) is 5.33. The van der Waals surface area contributed by atoms with E-state index in [0.29, 0.717) is 30.3 Å². The number of aromatic nitrogens is 1. The van der Waals surface area contributed by atoms with E-state index < -0.39 is 0 Å². The van der Waals surface area contributed by atoms with E-state index in [9.17, 15) is 4.79 Å². The highest BCUT2D eigenvalue weighted by molar-refractivity contribution is 5.86. The molecule has 0 bridgehead atoms. The van der Waals surface area contributed by atoms with Crippen molar-refractivity contribution in [2.24, 2.45) is 5.92 Å². The Morgan fingerprint density at radius 3 is 2.86 bits per heavy atom. The minimum atomic E-state index is 0.0554. The van der Waals surface area contributed by atoms with Gasteiger partial charge in [0.1, 0.15) is 5.69 Å². The van der Waals surface area contributed by atoms with Crippen molar-refractivity contribution in [3.63, 3.8) is 0 Å². The van der Waals surface area contributed by atoms with Gasteiger partial charge in [-0.25, -0.2) is 0 Å². The van der Waals surface area contributed by atoms with Gasteiger partial charge in [0, 0.05) is 25.6 Å². The van der Waals surface area contributed by atoms with Crippen LogP contribution in [0.1, 0.15) is 19.5 Å². The lowest BCUT2D eigenvalue weighted by Crippen LogP contribution is -2.37. The first-order valence-electron chi connectivity index (χ1n) is 7.21. The minimum Gasteiger partial charge on any atom is -0.383 e. The highest BCUT2D eigenvalue weighted by Gasteiger charge is 2.18. The number of para-hydroxylation sites is 1. The number of ether oxygens (including phenoxy) is 1. The lowest BCUT2D eigenvalue weighted by Gasteiger charge is -2.24. The van der Waals surface area contributed by atoms with E-state index in [1.54, 1.807) is 7.11 Å². The van der Waals surface area contributed by atoms with E-state index in [2.05, 4.69) is 19.0 Å². The predicted molar refractivity (Wildman–Crippen MR) is 81.0 cm³/mol. The normalized spacial score (nSPS) is 11.2. The van der Waals surface area contributed by atoms with Crippen LogP contribution in [0.25, 0.3) is 11.0 Å². The molecule has 0 atom stereocenters. The van der Waals surface area contributed by atoms with E-state index in [1.165, 1.54) is 0 Å². The molecule has 0 radical (unpaired) electrons. The largest absolute Gasteiger partial charge is 0.383 e. The van der Waals surface area contributed by atoms with Crippen LogP contribution in [-0.2, 0) is 16.0 Å². The second kappa shape index (κ2) is 7.22. The van der Waals surface area contributed by atoms with E-state index in [-0.39, 0.29) is 12.3 Å². The van der Waals surface area contributed by atoms with Gasteiger partial charge in [-0.05, 0) is 18.1 Å². The van der Waals surface area contributed by atoms with Gasteiger partial charge in [-0.1, -0.05) is 31.1 Å². The van der Waals surface area contributed by atoms with Crippen molar-refractivity contribution >= 4 is 16.9 Å². The quantitative estimate of drug-likeness (QED) is 0.786. The van der Waals surface area contributed by atoms with Crippen molar-refractivity contribution < 1.29 is 14.1 Å². The average Bonchev–Trinajstić information content (AvgIpc) is 2.86. The molecule has 0 N–H and O–H groups in total. The Hall–Kier alpha value is -1.88. The molecule has 1 aromatic carbocycles. The fourth-order valence-electron chi connectivity index (χ4n) is 2.28. The molecule has 0 spiro atoms. The van der Waals surface area contributed by atoms with Gasteiger partial charge in [0.2, 0.25) is 5.91 Å². The first kappa shape index (κ1) is 15.5. The van der Waals surface area contributed by atoms with Gasteiger partial charge in [0.05, 0.1) is 13.0 Å². The zero-order chi connectivity index (χ0) is 15.2. The van der Waals surface area contributed by atoms with Crippen molar-refractivity contribution in [1.29, 1.82) is 0 Å². The molecular formula is C16H22N2O3. The van der Waals surface area contributed by atoms with Gasteiger partial charge in [0.25, 0.3) is 0 Å². The van der Waals surface area contributed by atoms with Crippen LogP contribution in [0.4, 0.5) is 0 Å². The number of rotatable bonds is 7. The number of carbonyl (C=O) groups is 1. The van der Waals surface area contributed by atoms with Crippen LogP contribution < -0.4 is 0 Å². The molecule has 0 aliphatic carbocycles. The molecular weight excluding hydrogens is 268 g/mol. The van der Waals surface area contributed by atoms with E-state index in [4.69, 9.17) is 9.26 Å². The molecule has 5 heteroatoms. The van der Waals surface area contributed by atoms with E-state index in [0.717, 1.165) is 11.9 Å². The lowest BCUT2D eigenvalue weighted by atomic mass is 10.1. The van der Waals surface area contributed by atoms with Crippen molar-refractivity contribution in [2.45, 2.75) is 20.3 Å². The van der Waals surface area contributed by atoms with Crippen LogP contribution in [0, 0.1) is 5.92 Å². The molecule has 0 unspecified atom stereocenters. The molecule has 1 aromatic heterocycles. The first-order valence-corrected chi connectivity index (χ1v) is 7.21. The maximum Gasteiger partial charge on any atom is 0.228 e. The zero-order valence-electron chi connectivity index (χ0n) is 12.8. The second-order valence-corrected chi connectivity index (χ2v) is 5.53. The summed E-state index contributed by atoms with van der Waals surface area (Å²) in [5.41, 5.74) is 1.41. The van der Waals surface area contributed by atoms with Crippen molar-refractivity contribution in [3.05, 3.63) is 30.0 Å². The molecule has 2 rings (SSSR count). The summed E-state index contributed by atoms with van der Waals surface area (Å²) in [7, 11) is 1.64. The number of nitrogens with zero attached hydrogens (tertiary/aromatic N) is 2. The number of hydrogen-bond acceptors (Lipinski definition) is 4. The Balaban J connectivity index is 2.10. The van der Waals surface area contributed by atoms with Crippen LogP contribution >= 0.6 is 0 Å². The molecule has 1 heterocycles. The molecule has 114 valence electrons. The van der Waals surface area contributed by atoms with Crippen molar-refractivity contribution in [1.82, 2.24) is 10.1 Å². The van der Waals surface area contributed by atoms with Gasteiger partial charge in [-0.15, -0.1) is 0 Å². The number of carbonyl (C=O) groups excluding carboxylic acids is 1. The number of methoxy groups -OCH3 is 1. The molecule has 0 saturated carbocycles. The molecule has 21 heavy (non-hydrogen) atoms. The monoisotopic (exact) mass is 290 g/mol. The third-order valence-electron chi connectivity index (χ3n) is 3.27. The topological polar surface area (TPSA) is 55.6 Å². The van der Waals surface area contributed by atoms with Crippen molar-refractivity contribution in [2.75, 3.05) is 26.8 Å². The summed E-state index contributed by atoms with van der Waals surface area (Å²) < 4.78 is 10.3. The molecule has 0 aliphatic rings. The highest BCUT2D eigenvalue weighted by Crippen LogP contribution is 2.18. The standard InChI is InChI=1S/C16H22N2O3/c1-12(2)11-18(8-9-20-3)16(19)10-14-13-6-4-5-7-15(13)21-17-14/h4-7,12H,8-11H2,1-3H3. The molecule has 0 aliphatic heterocycles. The minimum absolute atomic E-state index is 0.0554. The number of benzene rings is 1. The lowest BCUT2D eigenvalue weighted by molar-refractivity contribution is -0.131. The maximum absolute atomic E-state index is 12.5. The van der Waals surface area contributed by atoms with Crippen LogP contribution in [0.3, 0.4) is 0 Å². The third-order valence-corrected chi connectivity index (χ3v) is 3.27. The molecule has 0 saturated heterocycles. The number of fused-ring (bicyclic) bond motifs is 1. The van der Waals surface area contributed by atoms with Crippen LogP contribution in [-0.4, -0.2) is 42.8 Å². The van der Waals surface area contributed by atoms with Gasteiger partial charge < -0.3 is 14.2 Å². The summed E-state index contributed by atoms with van der Waals surface area (Å²) >= 11 is 0. The van der Waals surface area contributed by atoms with E-state index >= 15 is 0 Å². The Bertz CT molecular complexity index is 592. The average molecular weight is 290 g/mol. The Morgan fingerprint density at radius 2 is 2.14 bits per heavy atom. The third kappa shape index (κ3) is 4.04. The Labute approximate surface area is 124 Å². The van der Waals surface area contributed by atoms with Gasteiger partial charge in [0.15, 0.2) is 5.58 Å². The summed E-state index contributed by atoms with van der Waals surface area (Å²) in [5.74, 6) is 0.472. The SMILES string of the molecule is COCCN(CC(C)C)C(=O)Cc1noc2ccccc12. The number of hydrogen-bond donors (Lipinski definition) is 0. The molecule has 1 amide bonds. The molecule has 5 nitrogen and oxygen atoms in total.